The minimum absolute atomic E-state index is 0.0289. The molecule has 22 heavy (non-hydrogen) atoms. The summed E-state index contributed by atoms with van der Waals surface area (Å²) in [6, 6.07) is 8.65. The fourth-order valence-electron chi connectivity index (χ4n) is 1.95. The summed E-state index contributed by atoms with van der Waals surface area (Å²) >= 11 is 0. The Labute approximate surface area is 125 Å². The molecule has 2 N–H and O–H groups in total. The van der Waals surface area contributed by atoms with Crippen molar-refractivity contribution in [2.24, 2.45) is 0 Å². The number of carboxylic acid groups (broad SMARTS) is 2. The summed E-state index contributed by atoms with van der Waals surface area (Å²) in [5.41, 5.74) is 0.0821. The zero-order chi connectivity index (χ0) is 16.3. The number of aromatic nitrogens is 1. The molecule has 7 nitrogen and oxygen atoms in total. The van der Waals surface area contributed by atoms with E-state index in [4.69, 9.17) is 5.11 Å². The Morgan fingerprint density at radius 1 is 1.00 bits per heavy atom. The van der Waals surface area contributed by atoms with Gasteiger partial charge in [0, 0.05) is 13.1 Å². The fourth-order valence-corrected chi connectivity index (χ4v) is 1.95. The van der Waals surface area contributed by atoms with Crippen LogP contribution < -0.4 is 4.90 Å². The molecule has 1 aromatic carbocycles. The number of pyridine rings is 1. The lowest BCUT2D eigenvalue weighted by atomic mass is 10.1. The van der Waals surface area contributed by atoms with Crippen LogP contribution in [0.15, 0.2) is 42.6 Å². The van der Waals surface area contributed by atoms with Gasteiger partial charge in [0.25, 0.3) is 0 Å². The van der Waals surface area contributed by atoms with Crippen molar-refractivity contribution >= 4 is 29.4 Å². The molecule has 0 saturated heterocycles. The molecule has 0 spiro atoms. The summed E-state index contributed by atoms with van der Waals surface area (Å²) in [6.07, 6.45) is 1.11. The highest BCUT2D eigenvalue weighted by Gasteiger charge is 2.21. The van der Waals surface area contributed by atoms with Crippen molar-refractivity contribution in [3.8, 4) is 0 Å². The molecule has 0 radical (unpaired) electrons. The summed E-state index contributed by atoms with van der Waals surface area (Å²) in [4.78, 5) is 39.1. The highest BCUT2D eigenvalue weighted by atomic mass is 16.4. The van der Waals surface area contributed by atoms with Gasteiger partial charge in [0.15, 0.2) is 0 Å². The van der Waals surface area contributed by atoms with E-state index < -0.39 is 17.8 Å². The third-order valence-corrected chi connectivity index (χ3v) is 2.91. The smallest absolute Gasteiger partial charge is 0.337 e. The second-order valence-corrected chi connectivity index (χ2v) is 4.39. The number of carboxylic acids is 2. The van der Waals surface area contributed by atoms with E-state index in [-0.39, 0.29) is 22.6 Å². The molecule has 0 aliphatic carbocycles. The van der Waals surface area contributed by atoms with Gasteiger partial charge in [-0.1, -0.05) is 12.1 Å². The van der Waals surface area contributed by atoms with Crippen LogP contribution in [0.1, 0.15) is 27.6 Å². The molecule has 2 aromatic rings. The number of carbonyl (C=O) groups excluding carboxylic acids is 1. The van der Waals surface area contributed by atoms with Crippen molar-refractivity contribution in [2.75, 3.05) is 4.90 Å². The largest absolute Gasteiger partial charge is 0.478 e. The number of carbonyl (C=O) groups is 3. The van der Waals surface area contributed by atoms with Crippen LogP contribution in [-0.4, -0.2) is 33.0 Å². The van der Waals surface area contributed by atoms with Gasteiger partial charge in [0.1, 0.15) is 5.82 Å². The summed E-state index contributed by atoms with van der Waals surface area (Å²) in [6.45, 7) is 1.27. The predicted octanol–water partition coefficient (Wildman–Crippen LogP) is 2.16. The van der Waals surface area contributed by atoms with Crippen LogP contribution in [0, 0.1) is 0 Å². The van der Waals surface area contributed by atoms with Gasteiger partial charge in [-0.25, -0.2) is 14.6 Å². The number of hydrogen-bond acceptors (Lipinski definition) is 4. The Kier molecular flexibility index (Phi) is 4.17. The van der Waals surface area contributed by atoms with Crippen molar-refractivity contribution < 1.29 is 24.6 Å². The fraction of sp³-hybridized carbons (Fsp3) is 0.0667. The summed E-state index contributed by atoms with van der Waals surface area (Å²) in [5, 5.41) is 18.1. The average molecular weight is 300 g/mol. The molecule has 0 unspecified atom stereocenters. The molecule has 0 aliphatic heterocycles. The number of hydrogen-bond donors (Lipinski definition) is 2. The maximum atomic E-state index is 11.9. The maximum absolute atomic E-state index is 11.9. The Balaban J connectivity index is 2.54. The molecule has 0 aliphatic rings. The van der Waals surface area contributed by atoms with Crippen molar-refractivity contribution in [3.05, 3.63) is 53.7 Å². The highest BCUT2D eigenvalue weighted by molar-refractivity contribution is 6.05. The summed E-state index contributed by atoms with van der Waals surface area (Å²) < 4.78 is 0. The van der Waals surface area contributed by atoms with Crippen LogP contribution in [-0.2, 0) is 4.79 Å². The third-order valence-electron chi connectivity index (χ3n) is 2.91. The van der Waals surface area contributed by atoms with Crippen molar-refractivity contribution in [2.45, 2.75) is 6.92 Å². The van der Waals surface area contributed by atoms with Crippen molar-refractivity contribution in [3.63, 3.8) is 0 Å². The first-order valence-electron chi connectivity index (χ1n) is 6.24. The topological polar surface area (TPSA) is 108 Å². The Morgan fingerprint density at radius 3 is 2.18 bits per heavy atom. The van der Waals surface area contributed by atoms with E-state index >= 15 is 0 Å². The molecule has 2 rings (SSSR count). The minimum atomic E-state index is -1.18. The minimum Gasteiger partial charge on any atom is -0.478 e. The predicted molar refractivity (Wildman–Crippen MR) is 77.4 cm³/mol. The summed E-state index contributed by atoms with van der Waals surface area (Å²) in [7, 11) is 0. The van der Waals surface area contributed by atoms with Crippen LogP contribution >= 0.6 is 0 Å². The molecule has 1 heterocycles. The average Bonchev–Trinajstić information content (AvgIpc) is 2.48. The number of anilines is 2. The first kappa shape index (κ1) is 15.2. The second-order valence-electron chi connectivity index (χ2n) is 4.39. The first-order valence-corrected chi connectivity index (χ1v) is 6.24. The van der Waals surface area contributed by atoms with Gasteiger partial charge in [-0.2, -0.15) is 0 Å². The van der Waals surface area contributed by atoms with Gasteiger partial charge in [-0.05, 0) is 24.3 Å². The molecule has 1 aromatic heterocycles. The Morgan fingerprint density at radius 2 is 1.68 bits per heavy atom. The molecule has 0 fully saturated rings. The SMILES string of the molecule is CC(=O)N(c1ccc(C(=O)O)cn1)c1ccccc1C(=O)O. The lowest BCUT2D eigenvalue weighted by Gasteiger charge is -2.21. The van der Waals surface area contributed by atoms with Gasteiger partial charge in [-0.3, -0.25) is 9.69 Å². The van der Waals surface area contributed by atoms with E-state index in [9.17, 15) is 19.5 Å². The number of aromatic carboxylic acids is 2. The van der Waals surface area contributed by atoms with E-state index in [1.165, 1.54) is 31.2 Å². The lowest BCUT2D eigenvalue weighted by Crippen LogP contribution is -2.25. The highest BCUT2D eigenvalue weighted by Crippen LogP contribution is 2.27. The van der Waals surface area contributed by atoms with Crippen LogP contribution in [0.2, 0.25) is 0 Å². The standard InChI is InChI=1S/C15H12N2O5/c1-9(18)17(12-5-3-2-4-11(12)15(21)22)13-7-6-10(8-16-13)14(19)20/h2-8H,1H3,(H,19,20)(H,21,22). The third kappa shape index (κ3) is 2.93. The normalized spacial score (nSPS) is 10.0. The van der Waals surface area contributed by atoms with E-state index in [0.29, 0.717) is 0 Å². The zero-order valence-electron chi connectivity index (χ0n) is 11.6. The number of benzene rings is 1. The van der Waals surface area contributed by atoms with E-state index in [1.807, 2.05) is 0 Å². The monoisotopic (exact) mass is 300 g/mol. The molecular weight excluding hydrogens is 288 g/mol. The van der Waals surface area contributed by atoms with Crippen LogP contribution in [0.4, 0.5) is 11.5 Å². The Bertz CT molecular complexity index is 740. The molecule has 0 bridgehead atoms. The molecule has 7 heteroatoms. The van der Waals surface area contributed by atoms with Gasteiger partial charge in [0.05, 0.1) is 16.8 Å². The van der Waals surface area contributed by atoms with Gasteiger partial charge in [0.2, 0.25) is 5.91 Å². The van der Waals surface area contributed by atoms with Gasteiger partial charge < -0.3 is 10.2 Å². The number of amides is 1. The van der Waals surface area contributed by atoms with Crippen molar-refractivity contribution in [1.29, 1.82) is 0 Å². The maximum Gasteiger partial charge on any atom is 0.337 e. The van der Waals surface area contributed by atoms with E-state index in [2.05, 4.69) is 4.98 Å². The Hall–Kier alpha value is -3.22. The number of nitrogens with zero attached hydrogens (tertiary/aromatic N) is 2. The van der Waals surface area contributed by atoms with Gasteiger partial charge in [-0.15, -0.1) is 0 Å². The van der Waals surface area contributed by atoms with Crippen LogP contribution in [0.5, 0.6) is 0 Å². The van der Waals surface area contributed by atoms with Crippen LogP contribution in [0.25, 0.3) is 0 Å². The molecule has 0 saturated carbocycles. The molecule has 0 atom stereocenters. The number of para-hydroxylation sites is 1. The number of rotatable bonds is 4. The molecule has 1 amide bonds. The van der Waals surface area contributed by atoms with E-state index in [1.54, 1.807) is 12.1 Å². The molecular formula is C15H12N2O5. The second kappa shape index (κ2) is 6.04. The molecule has 112 valence electrons. The quantitative estimate of drug-likeness (QED) is 0.895. The zero-order valence-corrected chi connectivity index (χ0v) is 11.6. The summed E-state index contributed by atoms with van der Waals surface area (Å²) in [5.74, 6) is -2.61. The lowest BCUT2D eigenvalue weighted by molar-refractivity contribution is -0.115. The van der Waals surface area contributed by atoms with Crippen molar-refractivity contribution in [1.82, 2.24) is 4.98 Å². The van der Waals surface area contributed by atoms with E-state index in [0.717, 1.165) is 11.1 Å². The van der Waals surface area contributed by atoms with Gasteiger partial charge >= 0.3 is 11.9 Å². The van der Waals surface area contributed by atoms with Crippen LogP contribution in [0.3, 0.4) is 0 Å². The first-order chi connectivity index (χ1) is 10.4.